The van der Waals surface area contributed by atoms with Gasteiger partial charge < -0.3 is 9.90 Å². The quantitative estimate of drug-likeness (QED) is 0.446. The van der Waals surface area contributed by atoms with E-state index in [9.17, 15) is 0 Å². The Morgan fingerprint density at radius 2 is 1.00 bits per heavy atom. The predicted octanol–water partition coefficient (Wildman–Crippen LogP) is 4.50. The van der Waals surface area contributed by atoms with E-state index in [0.29, 0.717) is 0 Å². The summed E-state index contributed by atoms with van der Waals surface area (Å²) >= 11 is 4.08. The smallest absolute Gasteiger partial charge is 0.134 e. The fourth-order valence-corrected chi connectivity index (χ4v) is 1.56. The van der Waals surface area contributed by atoms with Crippen LogP contribution in [0, 0.1) is 0 Å². The van der Waals surface area contributed by atoms with Crippen molar-refractivity contribution < 1.29 is 9.90 Å². The Hall–Kier alpha value is -0.240. The van der Waals surface area contributed by atoms with Gasteiger partial charge in [-0.2, -0.15) is 0 Å². The molecule has 0 saturated heterocycles. The van der Waals surface area contributed by atoms with E-state index in [4.69, 9.17) is 9.90 Å². The van der Waals surface area contributed by atoms with E-state index in [1.165, 1.54) is 64.2 Å². The van der Waals surface area contributed by atoms with E-state index in [-0.39, 0.29) is 0 Å². The molecule has 0 bridgehead atoms. The SMILES string of the molecule is CCCCCCCCCCCC.O=C([O-])Cl. The van der Waals surface area contributed by atoms with Crippen LogP contribution < -0.4 is 5.11 Å². The van der Waals surface area contributed by atoms with Gasteiger partial charge in [0.15, 0.2) is 0 Å². The highest BCUT2D eigenvalue weighted by atomic mass is 35.5. The summed E-state index contributed by atoms with van der Waals surface area (Å²) in [6.45, 7) is 4.56. The number of carbonyl (C=O) groups is 1. The van der Waals surface area contributed by atoms with E-state index >= 15 is 0 Å². The van der Waals surface area contributed by atoms with Crippen molar-refractivity contribution in [2.45, 2.75) is 78.1 Å². The average molecular weight is 250 g/mol. The van der Waals surface area contributed by atoms with Crippen LogP contribution in [-0.4, -0.2) is 5.43 Å². The van der Waals surface area contributed by atoms with Crippen LogP contribution in [0.1, 0.15) is 78.1 Å². The second kappa shape index (κ2) is 17.2. The van der Waals surface area contributed by atoms with Crippen molar-refractivity contribution in [2.24, 2.45) is 0 Å². The first-order valence-corrected chi connectivity index (χ1v) is 6.89. The number of unbranched alkanes of at least 4 members (excludes halogenated alkanes) is 9. The summed E-state index contributed by atoms with van der Waals surface area (Å²) < 4.78 is 0. The summed E-state index contributed by atoms with van der Waals surface area (Å²) in [5.74, 6) is 0. The van der Waals surface area contributed by atoms with Crippen LogP contribution in [0.4, 0.5) is 4.79 Å². The Kier molecular flexibility index (Phi) is 19.5. The third-order valence-corrected chi connectivity index (χ3v) is 2.46. The second-order valence-electron chi connectivity index (χ2n) is 4.07. The van der Waals surface area contributed by atoms with E-state index < -0.39 is 5.43 Å². The molecule has 0 unspecified atom stereocenters. The molecule has 0 aromatic rings. The van der Waals surface area contributed by atoms with Crippen molar-refractivity contribution in [3.63, 3.8) is 0 Å². The van der Waals surface area contributed by atoms with Crippen molar-refractivity contribution in [3.8, 4) is 0 Å². The molecule has 2 nitrogen and oxygen atoms in total. The molecule has 0 rings (SSSR count). The molecule has 0 aliphatic rings. The molecule has 0 aromatic carbocycles. The molecule has 16 heavy (non-hydrogen) atoms. The lowest BCUT2D eigenvalue weighted by Gasteiger charge is -1.99. The second-order valence-corrected chi connectivity index (χ2v) is 4.37. The summed E-state index contributed by atoms with van der Waals surface area (Å²) in [6.07, 6.45) is 14.4. The van der Waals surface area contributed by atoms with Gasteiger partial charge in [-0.25, -0.2) is 0 Å². The average Bonchev–Trinajstić information content (AvgIpc) is 2.21. The highest BCUT2D eigenvalue weighted by Gasteiger charge is 1.90. The highest BCUT2D eigenvalue weighted by Crippen LogP contribution is 2.09. The van der Waals surface area contributed by atoms with Crippen LogP contribution in [0.15, 0.2) is 0 Å². The van der Waals surface area contributed by atoms with Crippen LogP contribution in [0.5, 0.6) is 0 Å². The molecule has 0 spiro atoms. The standard InChI is InChI=1S/C12H26.CHClO2/c1-3-5-7-9-11-12-10-8-6-4-2;2-1(3)4/h3-12H2,1-2H3;(H,3,4)/p-1. The van der Waals surface area contributed by atoms with Crippen LogP contribution >= 0.6 is 11.6 Å². The summed E-state index contributed by atoms with van der Waals surface area (Å²) in [5.41, 5.74) is -1.61. The minimum atomic E-state index is -1.61. The zero-order valence-electron chi connectivity index (χ0n) is 10.8. The molecule has 3 heteroatoms. The number of hydrogen-bond donors (Lipinski definition) is 0. The molecule has 0 atom stereocenters. The highest BCUT2D eigenvalue weighted by molar-refractivity contribution is 6.59. The summed E-state index contributed by atoms with van der Waals surface area (Å²) in [5, 5.41) is 8.65. The number of hydrogen-bond acceptors (Lipinski definition) is 2. The summed E-state index contributed by atoms with van der Waals surface area (Å²) in [6, 6.07) is 0. The summed E-state index contributed by atoms with van der Waals surface area (Å²) in [4.78, 5) is 8.65. The lowest BCUT2D eigenvalue weighted by Crippen LogP contribution is -2.11. The molecule has 0 saturated carbocycles. The topological polar surface area (TPSA) is 40.1 Å². The van der Waals surface area contributed by atoms with E-state index in [0.717, 1.165) is 0 Å². The summed E-state index contributed by atoms with van der Waals surface area (Å²) in [7, 11) is 0. The van der Waals surface area contributed by atoms with Crippen LogP contribution in [0.25, 0.3) is 0 Å². The first-order chi connectivity index (χ1) is 7.65. The monoisotopic (exact) mass is 249 g/mol. The van der Waals surface area contributed by atoms with Crippen molar-refractivity contribution in [1.82, 2.24) is 0 Å². The first-order valence-electron chi connectivity index (χ1n) is 6.51. The van der Waals surface area contributed by atoms with Gasteiger partial charge in [-0.05, 0) is 0 Å². The maximum absolute atomic E-state index is 8.65. The van der Waals surface area contributed by atoms with E-state index in [1.807, 2.05) is 0 Å². The zero-order chi connectivity index (χ0) is 12.6. The third-order valence-electron chi connectivity index (χ3n) is 2.46. The van der Waals surface area contributed by atoms with Gasteiger partial charge in [0.25, 0.3) is 0 Å². The molecule has 0 fully saturated rings. The molecule has 0 amide bonds. The van der Waals surface area contributed by atoms with E-state index in [2.05, 4.69) is 25.4 Å². The minimum absolute atomic E-state index is 1.37. The third kappa shape index (κ3) is 29.2. The molecule has 0 N–H and O–H groups in total. The van der Waals surface area contributed by atoms with Crippen molar-refractivity contribution >= 4 is 17.0 Å². The van der Waals surface area contributed by atoms with Crippen LogP contribution in [0.2, 0.25) is 0 Å². The minimum Gasteiger partial charge on any atom is -0.534 e. The van der Waals surface area contributed by atoms with Gasteiger partial charge in [-0.3, -0.25) is 0 Å². The molecule has 0 aromatic heterocycles. The number of halogens is 1. The van der Waals surface area contributed by atoms with Crippen LogP contribution in [-0.2, 0) is 0 Å². The predicted molar refractivity (Wildman–Crippen MR) is 68.8 cm³/mol. The van der Waals surface area contributed by atoms with Gasteiger partial charge in [-0.15, -0.1) is 0 Å². The van der Waals surface area contributed by atoms with E-state index in [1.54, 1.807) is 0 Å². The lowest BCUT2D eigenvalue weighted by atomic mass is 10.1. The zero-order valence-corrected chi connectivity index (χ0v) is 11.5. The molecule has 0 radical (unpaired) electrons. The maximum atomic E-state index is 8.65. The van der Waals surface area contributed by atoms with Gasteiger partial charge >= 0.3 is 0 Å². The van der Waals surface area contributed by atoms with Crippen molar-refractivity contribution in [1.29, 1.82) is 0 Å². The normalized spacial score (nSPS) is 9.44. The molecule has 98 valence electrons. The molecular weight excluding hydrogens is 224 g/mol. The Balaban J connectivity index is 0. The Morgan fingerprint density at radius 1 is 0.812 bits per heavy atom. The molecule has 0 aliphatic heterocycles. The van der Waals surface area contributed by atoms with Crippen molar-refractivity contribution in [3.05, 3.63) is 0 Å². The number of carboxylic acid groups (broad SMARTS) is 1. The Labute approximate surface area is 105 Å². The molecular formula is C13H26ClO2-. The van der Waals surface area contributed by atoms with Gasteiger partial charge in [0.2, 0.25) is 0 Å². The van der Waals surface area contributed by atoms with Gasteiger partial charge in [-0.1, -0.05) is 89.7 Å². The maximum Gasteiger partial charge on any atom is 0.134 e. The molecule has 0 heterocycles. The van der Waals surface area contributed by atoms with Gasteiger partial charge in [0, 0.05) is 0 Å². The largest absolute Gasteiger partial charge is 0.534 e. The van der Waals surface area contributed by atoms with Crippen LogP contribution in [0.3, 0.4) is 0 Å². The Morgan fingerprint density at radius 3 is 1.19 bits per heavy atom. The Bertz CT molecular complexity index is 124. The fraction of sp³-hybridized carbons (Fsp3) is 0.923. The lowest BCUT2D eigenvalue weighted by molar-refractivity contribution is -0.233. The first kappa shape index (κ1) is 18.1. The van der Waals surface area contributed by atoms with Gasteiger partial charge in [0.05, 0.1) is 0 Å². The fourth-order valence-electron chi connectivity index (χ4n) is 1.56. The van der Waals surface area contributed by atoms with Gasteiger partial charge in [0.1, 0.15) is 5.43 Å². The number of rotatable bonds is 9. The number of carbonyl (C=O) groups excluding carboxylic acids is 1. The van der Waals surface area contributed by atoms with Crippen molar-refractivity contribution in [2.75, 3.05) is 0 Å². The molecule has 0 aliphatic carbocycles.